The van der Waals surface area contributed by atoms with Gasteiger partial charge in [-0.15, -0.1) is 0 Å². The smallest absolute Gasteiger partial charge is 0.129 e. The van der Waals surface area contributed by atoms with E-state index in [-0.39, 0.29) is 0 Å². The predicted molar refractivity (Wildman–Crippen MR) is 43.1 cm³/mol. The van der Waals surface area contributed by atoms with Crippen molar-refractivity contribution in [1.82, 2.24) is 14.9 Å². The average Bonchev–Trinajstić information content (AvgIpc) is 2.03. The molecule has 1 aromatic heterocycles. The minimum absolute atomic E-state index is 0.887. The molecule has 0 N–H and O–H groups in total. The Labute approximate surface area is 67.1 Å². The molecule has 0 spiro atoms. The molecule has 0 aromatic carbocycles. The Bertz CT molecular complexity index is 196. The van der Waals surface area contributed by atoms with Crippen LogP contribution in [0.3, 0.4) is 0 Å². The summed E-state index contributed by atoms with van der Waals surface area (Å²) in [7, 11) is 4.07. The third-order valence-corrected chi connectivity index (χ3v) is 1.36. The predicted octanol–water partition coefficient (Wildman–Crippen LogP) is 0.381. The molecule has 0 saturated carbocycles. The number of nitrogens with zero attached hydrogens (tertiary/aromatic N) is 3. The summed E-state index contributed by atoms with van der Waals surface area (Å²) in [6.07, 6.45) is 4.21. The highest BCUT2D eigenvalue weighted by molar-refractivity contribution is 4.87. The molecule has 59 valence electrons. The molecular formula is C8H12N3. The molecule has 0 aliphatic carbocycles. The first kappa shape index (κ1) is 8.14. The molecule has 0 bridgehead atoms. The largest absolute Gasteiger partial charge is 0.309 e. The van der Waals surface area contributed by atoms with E-state index in [1.54, 1.807) is 12.4 Å². The molecule has 0 saturated heterocycles. The quantitative estimate of drug-likeness (QED) is 0.623. The van der Waals surface area contributed by atoms with Gasteiger partial charge in [0.2, 0.25) is 0 Å². The molecule has 0 amide bonds. The molecular weight excluding hydrogens is 138 g/mol. The van der Waals surface area contributed by atoms with Crippen molar-refractivity contribution >= 4 is 0 Å². The lowest BCUT2D eigenvalue weighted by atomic mass is 10.4. The van der Waals surface area contributed by atoms with Crippen molar-refractivity contribution < 1.29 is 0 Å². The topological polar surface area (TPSA) is 29.0 Å². The molecule has 1 heterocycles. The minimum atomic E-state index is 0.887. The molecule has 11 heavy (non-hydrogen) atoms. The van der Waals surface area contributed by atoms with Gasteiger partial charge in [0.1, 0.15) is 5.82 Å². The second kappa shape index (κ2) is 4.03. The van der Waals surface area contributed by atoms with Crippen molar-refractivity contribution in [2.75, 3.05) is 20.6 Å². The zero-order valence-electron chi connectivity index (χ0n) is 6.91. The van der Waals surface area contributed by atoms with Crippen molar-refractivity contribution in [2.45, 2.75) is 6.42 Å². The summed E-state index contributed by atoms with van der Waals surface area (Å²) < 4.78 is 0. The first-order chi connectivity index (χ1) is 5.29. The van der Waals surface area contributed by atoms with Gasteiger partial charge < -0.3 is 4.90 Å². The van der Waals surface area contributed by atoms with Gasteiger partial charge in [0.05, 0.1) is 0 Å². The maximum Gasteiger partial charge on any atom is 0.129 e. The molecule has 0 atom stereocenters. The summed E-state index contributed by atoms with van der Waals surface area (Å²) >= 11 is 0. The third kappa shape index (κ3) is 3.09. The highest BCUT2D eigenvalue weighted by atomic mass is 15.1. The molecule has 0 fully saturated rings. The molecule has 3 heteroatoms. The van der Waals surface area contributed by atoms with Gasteiger partial charge in [0.25, 0.3) is 0 Å². The van der Waals surface area contributed by atoms with Gasteiger partial charge >= 0.3 is 0 Å². The zero-order chi connectivity index (χ0) is 8.10. The first-order valence-corrected chi connectivity index (χ1v) is 3.61. The van der Waals surface area contributed by atoms with E-state index in [1.165, 1.54) is 0 Å². The van der Waals surface area contributed by atoms with Gasteiger partial charge in [-0.05, 0) is 14.1 Å². The van der Waals surface area contributed by atoms with Gasteiger partial charge in [-0.3, -0.25) is 0 Å². The molecule has 0 unspecified atom stereocenters. The molecule has 0 aliphatic rings. The van der Waals surface area contributed by atoms with Crippen LogP contribution in [-0.2, 0) is 6.42 Å². The standard InChI is InChI=1S/C8H12N3/c1-11(2)7-4-8-9-5-3-6-10-8/h5-6H,4,7H2,1-2H3. The van der Waals surface area contributed by atoms with Crippen LogP contribution in [0.1, 0.15) is 5.82 Å². The van der Waals surface area contributed by atoms with Crippen LogP contribution in [0.4, 0.5) is 0 Å². The molecule has 1 radical (unpaired) electrons. The zero-order valence-corrected chi connectivity index (χ0v) is 6.91. The van der Waals surface area contributed by atoms with Gasteiger partial charge in [-0.2, -0.15) is 0 Å². The number of likely N-dealkylation sites (N-methyl/N-ethyl adjacent to an activating group) is 1. The second-order valence-electron chi connectivity index (χ2n) is 2.65. The van der Waals surface area contributed by atoms with E-state index in [1.807, 2.05) is 14.1 Å². The van der Waals surface area contributed by atoms with Crippen LogP contribution in [0, 0.1) is 6.07 Å². The summed E-state index contributed by atoms with van der Waals surface area (Å²) in [6, 6.07) is 2.78. The summed E-state index contributed by atoms with van der Waals surface area (Å²) in [4.78, 5) is 10.2. The van der Waals surface area contributed by atoms with E-state index in [0.29, 0.717) is 0 Å². The number of rotatable bonds is 3. The summed E-state index contributed by atoms with van der Waals surface area (Å²) in [5.74, 6) is 0.887. The summed E-state index contributed by atoms with van der Waals surface area (Å²) in [5.41, 5.74) is 0. The van der Waals surface area contributed by atoms with Crippen LogP contribution < -0.4 is 0 Å². The third-order valence-electron chi connectivity index (χ3n) is 1.36. The van der Waals surface area contributed by atoms with Crippen LogP contribution in [-0.4, -0.2) is 35.5 Å². The Morgan fingerprint density at radius 3 is 2.55 bits per heavy atom. The highest BCUT2D eigenvalue weighted by Gasteiger charge is 1.94. The van der Waals surface area contributed by atoms with Gasteiger partial charge in [-0.1, -0.05) is 0 Å². The van der Waals surface area contributed by atoms with Crippen molar-refractivity contribution in [2.24, 2.45) is 0 Å². The lowest BCUT2D eigenvalue weighted by Crippen LogP contribution is -2.16. The van der Waals surface area contributed by atoms with Crippen LogP contribution >= 0.6 is 0 Å². The van der Waals surface area contributed by atoms with E-state index >= 15 is 0 Å². The van der Waals surface area contributed by atoms with E-state index in [4.69, 9.17) is 0 Å². The number of hydrogen-bond acceptors (Lipinski definition) is 3. The number of aromatic nitrogens is 2. The lowest BCUT2D eigenvalue weighted by molar-refractivity contribution is 0.409. The van der Waals surface area contributed by atoms with Gasteiger partial charge in [0, 0.05) is 31.4 Å². The maximum absolute atomic E-state index is 4.06. The van der Waals surface area contributed by atoms with Crippen molar-refractivity contribution in [3.05, 3.63) is 24.3 Å². The summed E-state index contributed by atoms with van der Waals surface area (Å²) in [6.45, 7) is 0.990. The fourth-order valence-electron chi connectivity index (χ4n) is 0.743. The van der Waals surface area contributed by atoms with E-state index in [9.17, 15) is 0 Å². The Morgan fingerprint density at radius 2 is 2.00 bits per heavy atom. The minimum Gasteiger partial charge on any atom is -0.309 e. The summed E-state index contributed by atoms with van der Waals surface area (Å²) in [5, 5.41) is 0. The maximum atomic E-state index is 4.06. The molecule has 3 nitrogen and oxygen atoms in total. The van der Waals surface area contributed by atoms with Gasteiger partial charge in [0.15, 0.2) is 0 Å². The molecule has 0 aliphatic heterocycles. The van der Waals surface area contributed by atoms with Gasteiger partial charge in [-0.25, -0.2) is 9.97 Å². The fourth-order valence-corrected chi connectivity index (χ4v) is 0.743. The Hall–Kier alpha value is -0.960. The Balaban J connectivity index is 2.39. The second-order valence-corrected chi connectivity index (χ2v) is 2.65. The number of hydrogen-bond donors (Lipinski definition) is 0. The van der Waals surface area contributed by atoms with E-state index in [2.05, 4.69) is 20.9 Å². The Kier molecular flexibility index (Phi) is 2.98. The fraction of sp³-hybridized carbons (Fsp3) is 0.500. The van der Waals surface area contributed by atoms with E-state index in [0.717, 1.165) is 18.8 Å². The highest BCUT2D eigenvalue weighted by Crippen LogP contribution is 1.89. The lowest BCUT2D eigenvalue weighted by Gasteiger charge is -2.06. The molecule has 1 rings (SSSR count). The van der Waals surface area contributed by atoms with Crippen molar-refractivity contribution in [3.63, 3.8) is 0 Å². The first-order valence-electron chi connectivity index (χ1n) is 3.61. The van der Waals surface area contributed by atoms with Crippen LogP contribution in [0.15, 0.2) is 12.4 Å². The van der Waals surface area contributed by atoms with Crippen molar-refractivity contribution in [3.8, 4) is 0 Å². The van der Waals surface area contributed by atoms with Crippen LogP contribution in [0.2, 0.25) is 0 Å². The van der Waals surface area contributed by atoms with Crippen molar-refractivity contribution in [1.29, 1.82) is 0 Å². The van der Waals surface area contributed by atoms with Crippen LogP contribution in [0.25, 0.3) is 0 Å². The van der Waals surface area contributed by atoms with E-state index < -0.39 is 0 Å². The average molecular weight is 150 g/mol. The monoisotopic (exact) mass is 150 g/mol. The molecule has 1 aromatic rings. The SMILES string of the molecule is CN(C)CCc1nc[c]cn1. The Morgan fingerprint density at radius 1 is 1.36 bits per heavy atom. The normalized spacial score (nSPS) is 10.5. The van der Waals surface area contributed by atoms with Crippen LogP contribution in [0.5, 0.6) is 0 Å².